The lowest BCUT2D eigenvalue weighted by molar-refractivity contribution is -0.140. The van der Waals surface area contributed by atoms with Crippen molar-refractivity contribution in [3.8, 4) is 11.5 Å². The number of aromatic amines is 1. The molecule has 1 atom stereocenters. The summed E-state index contributed by atoms with van der Waals surface area (Å²) in [5.41, 5.74) is 3.80. The molecule has 3 aromatic carbocycles. The second-order valence-corrected chi connectivity index (χ2v) is 12.7. The lowest BCUT2D eigenvalue weighted by Gasteiger charge is -2.26. The van der Waals surface area contributed by atoms with Crippen LogP contribution >= 0.6 is 11.6 Å². The molecule has 1 unspecified atom stereocenters. The zero-order valence-electron chi connectivity index (χ0n) is 27.7. The predicted octanol–water partition coefficient (Wildman–Crippen LogP) is 7.35. The highest BCUT2D eigenvalue weighted by Crippen LogP contribution is 2.35. The zero-order chi connectivity index (χ0) is 33.9. The van der Waals surface area contributed by atoms with E-state index in [0.29, 0.717) is 43.2 Å². The third-order valence-corrected chi connectivity index (χ3v) is 8.96. The van der Waals surface area contributed by atoms with Gasteiger partial charge in [0.1, 0.15) is 11.5 Å². The number of benzene rings is 3. The maximum atomic E-state index is 13.6. The van der Waals surface area contributed by atoms with Crippen molar-refractivity contribution in [3.05, 3.63) is 94.1 Å². The fourth-order valence-electron chi connectivity index (χ4n) is 6.24. The summed E-state index contributed by atoms with van der Waals surface area (Å²) in [6.45, 7) is 6.09. The molecule has 1 amide bonds. The molecule has 1 saturated heterocycles. The molecule has 1 fully saturated rings. The summed E-state index contributed by atoms with van der Waals surface area (Å²) >= 11 is 5.95. The van der Waals surface area contributed by atoms with Crippen molar-refractivity contribution in [2.45, 2.75) is 64.3 Å². The number of halogens is 1. The van der Waals surface area contributed by atoms with Crippen LogP contribution in [-0.2, 0) is 20.9 Å². The average molecular weight is 674 g/mol. The number of aryl methyl sites for hydroxylation is 1. The summed E-state index contributed by atoms with van der Waals surface area (Å²) in [4.78, 5) is 45.0. The third kappa shape index (κ3) is 9.61. The van der Waals surface area contributed by atoms with Gasteiger partial charge in [-0.3, -0.25) is 14.5 Å². The number of aromatic nitrogens is 1. The van der Waals surface area contributed by atoms with Gasteiger partial charge in [-0.1, -0.05) is 30.2 Å². The number of hydrogen-bond donors (Lipinski definition) is 2. The number of carbonyl (C=O) groups is 3. The lowest BCUT2D eigenvalue weighted by Crippen LogP contribution is -2.29. The van der Waals surface area contributed by atoms with Crippen LogP contribution in [0.4, 0.5) is 0 Å². The number of piperidine rings is 1. The molecule has 0 aliphatic carbocycles. The summed E-state index contributed by atoms with van der Waals surface area (Å²) < 4.78 is 16.8. The summed E-state index contributed by atoms with van der Waals surface area (Å²) in [5.74, 6) is -0.854. The first-order valence-corrected chi connectivity index (χ1v) is 17.1. The standard InChI is InChI=1S/C38H44ClN3O6/c1-26-36(33-24-30(46-2)17-18-34(33)41-26)32(38(45)48-37(44)28-13-15-29(39)16-14-28)11-7-12-35(43)40-19-8-22-47-31-10-6-9-27(23-31)25-42-20-4-3-5-21-42/h6,9-10,13-18,23-24,32,41H,3-5,7-8,11-12,19-22,25H2,1-2H3,(H,40,43). The SMILES string of the molecule is COc1ccc2[nH]c(C)c(C(CCCC(=O)NCCCOc3cccc(CN4CCCCC4)c3)C(=O)OC(=O)c3ccc(Cl)cc3)c2c1. The Labute approximate surface area is 286 Å². The van der Waals surface area contributed by atoms with E-state index in [4.69, 9.17) is 25.8 Å². The number of esters is 2. The van der Waals surface area contributed by atoms with Gasteiger partial charge in [0.2, 0.25) is 5.91 Å². The molecule has 10 heteroatoms. The highest BCUT2D eigenvalue weighted by Gasteiger charge is 2.29. The van der Waals surface area contributed by atoms with E-state index in [1.807, 2.05) is 37.3 Å². The number of methoxy groups -OCH3 is 1. The maximum absolute atomic E-state index is 13.6. The van der Waals surface area contributed by atoms with Crippen LogP contribution in [-0.4, -0.2) is 61.1 Å². The van der Waals surface area contributed by atoms with Gasteiger partial charge in [-0.2, -0.15) is 0 Å². The normalized spacial score (nSPS) is 14.0. The summed E-state index contributed by atoms with van der Waals surface area (Å²) in [5, 5.41) is 4.23. The molecule has 254 valence electrons. The number of rotatable bonds is 15. The maximum Gasteiger partial charge on any atom is 0.345 e. The molecule has 1 aliphatic rings. The van der Waals surface area contributed by atoms with Crippen molar-refractivity contribution in [1.29, 1.82) is 0 Å². The number of fused-ring (bicyclic) bond motifs is 1. The molecule has 0 radical (unpaired) electrons. The van der Waals surface area contributed by atoms with Crippen LogP contribution in [0.15, 0.2) is 66.7 Å². The lowest BCUT2D eigenvalue weighted by atomic mass is 9.91. The molecule has 4 aromatic rings. The van der Waals surface area contributed by atoms with Crippen LogP contribution < -0.4 is 14.8 Å². The van der Waals surface area contributed by atoms with Crippen LogP contribution in [0.2, 0.25) is 5.02 Å². The number of amides is 1. The minimum absolute atomic E-state index is 0.111. The van der Waals surface area contributed by atoms with E-state index in [-0.39, 0.29) is 17.9 Å². The van der Waals surface area contributed by atoms with Gasteiger partial charge in [0.05, 0.1) is 25.2 Å². The topological polar surface area (TPSA) is 110 Å². The highest BCUT2D eigenvalue weighted by molar-refractivity contribution is 6.30. The summed E-state index contributed by atoms with van der Waals surface area (Å²) in [6.07, 6.45) is 5.46. The Kier molecular flexibility index (Phi) is 12.5. The molecule has 0 spiro atoms. The Bertz CT molecular complexity index is 1700. The number of carbonyl (C=O) groups excluding carboxylic acids is 3. The number of ether oxygens (including phenoxy) is 3. The first-order valence-electron chi connectivity index (χ1n) is 16.7. The number of nitrogens with zero attached hydrogens (tertiary/aromatic N) is 1. The molecule has 0 bridgehead atoms. The van der Waals surface area contributed by atoms with E-state index in [9.17, 15) is 14.4 Å². The largest absolute Gasteiger partial charge is 0.497 e. The van der Waals surface area contributed by atoms with E-state index in [1.165, 1.54) is 37.0 Å². The summed E-state index contributed by atoms with van der Waals surface area (Å²) in [7, 11) is 1.58. The number of likely N-dealkylation sites (tertiary alicyclic amines) is 1. The Morgan fingerprint density at radius 3 is 2.52 bits per heavy atom. The first kappa shape index (κ1) is 35.0. The zero-order valence-corrected chi connectivity index (χ0v) is 28.4. The van der Waals surface area contributed by atoms with Gasteiger partial charge in [-0.15, -0.1) is 0 Å². The smallest absolute Gasteiger partial charge is 0.345 e. The van der Waals surface area contributed by atoms with Gasteiger partial charge in [-0.25, -0.2) is 4.79 Å². The molecule has 2 N–H and O–H groups in total. The van der Waals surface area contributed by atoms with Gasteiger partial charge < -0.3 is 24.5 Å². The molecule has 9 nitrogen and oxygen atoms in total. The van der Waals surface area contributed by atoms with Crippen LogP contribution in [0.1, 0.15) is 78.0 Å². The molecule has 48 heavy (non-hydrogen) atoms. The predicted molar refractivity (Wildman–Crippen MR) is 187 cm³/mol. The number of H-pyrrole nitrogens is 1. The third-order valence-electron chi connectivity index (χ3n) is 8.71. The van der Waals surface area contributed by atoms with E-state index >= 15 is 0 Å². The van der Waals surface area contributed by atoms with Crippen LogP contribution in [0, 0.1) is 6.92 Å². The van der Waals surface area contributed by atoms with Gasteiger partial charge in [-0.05, 0) is 118 Å². The number of hydrogen-bond acceptors (Lipinski definition) is 7. The van der Waals surface area contributed by atoms with Crippen molar-refractivity contribution >= 4 is 40.3 Å². The van der Waals surface area contributed by atoms with E-state index in [2.05, 4.69) is 27.3 Å². The quantitative estimate of drug-likeness (QED) is 0.0772. The molecule has 0 saturated carbocycles. The molecule has 2 heterocycles. The van der Waals surface area contributed by atoms with Gasteiger partial charge in [0, 0.05) is 41.1 Å². The van der Waals surface area contributed by atoms with Crippen molar-refractivity contribution in [2.24, 2.45) is 0 Å². The monoisotopic (exact) mass is 673 g/mol. The molecule has 1 aliphatic heterocycles. The van der Waals surface area contributed by atoms with Crippen LogP contribution in [0.25, 0.3) is 10.9 Å². The second-order valence-electron chi connectivity index (χ2n) is 12.3. The number of nitrogens with one attached hydrogen (secondary N) is 2. The Hall–Kier alpha value is -4.34. The van der Waals surface area contributed by atoms with E-state index < -0.39 is 17.9 Å². The minimum atomic E-state index is -0.783. The van der Waals surface area contributed by atoms with E-state index in [1.54, 1.807) is 19.2 Å². The van der Waals surface area contributed by atoms with Gasteiger partial charge in [0.25, 0.3) is 0 Å². The molecular formula is C38H44ClN3O6. The van der Waals surface area contributed by atoms with Gasteiger partial charge >= 0.3 is 11.9 Å². The van der Waals surface area contributed by atoms with Crippen molar-refractivity contribution < 1.29 is 28.6 Å². The average Bonchev–Trinajstić information content (AvgIpc) is 3.41. The fourth-order valence-corrected chi connectivity index (χ4v) is 6.37. The summed E-state index contributed by atoms with van der Waals surface area (Å²) in [6, 6.07) is 20.0. The van der Waals surface area contributed by atoms with Gasteiger partial charge in [0.15, 0.2) is 0 Å². The van der Waals surface area contributed by atoms with E-state index in [0.717, 1.165) is 47.5 Å². The Morgan fingerprint density at radius 1 is 0.958 bits per heavy atom. The van der Waals surface area contributed by atoms with Crippen LogP contribution in [0.5, 0.6) is 11.5 Å². The van der Waals surface area contributed by atoms with Crippen molar-refractivity contribution in [2.75, 3.05) is 33.4 Å². The minimum Gasteiger partial charge on any atom is -0.497 e. The molecular weight excluding hydrogens is 630 g/mol. The Balaban J connectivity index is 1.13. The second kappa shape index (κ2) is 17.2. The highest BCUT2D eigenvalue weighted by atomic mass is 35.5. The van der Waals surface area contributed by atoms with Crippen LogP contribution in [0.3, 0.4) is 0 Å². The molecule has 5 rings (SSSR count). The first-order chi connectivity index (χ1) is 23.3. The van der Waals surface area contributed by atoms with Crippen molar-refractivity contribution in [1.82, 2.24) is 15.2 Å². The van der Waals surface area contributed by atoms with Crippen molar-refractivity contribution in [3.63, 3.8) is 0 Å². The fraction of sp³-hybridized carbons (Fsp3) is 0.395. The molecule has 1 aromatic heterocycles. The Morgan fingerprint density at radius 2 is 1.75 bits per heavy atom.